The van der Waals surface area contributed by atoms with Gasteiger partial charge in [0.2, 0.25) is 5.91 Å². The number of carbonyl (C=O) groups excluding carboxylic acids is 1. The molecule has 1 aliphatic carbocycles. The molecule has 4 aromatic rings. The van der Waals surface area contributed by atoms with Crippen molar-refractivity contribution in [1.82, 2.24) is 24.4 Å². The maximum atomic E-state index is 15.0. The number of nitriles is 1. The Hall–Kier alpha value is -4.32. The second-order valence-corrected chi connectivity index (χ2v) is 9.40. The first-order valence-corrected chi connectivity index (χ1v) is 12.1. The Kier molecular flexibility index (Phi) is 5.37. The van der Waals surface area contributed by atoms with Gasteiger partial charge in [-0.15, -0.1) is 0 Å². The van der Waals surface area contributed by atoms with Gasteiger partial charge in [-0.2, -0.15) is 5.26 Å². The molecule has 36 heavy (non-hydrogen) atoms. The number of nitrogens with zero attached hydrogens (tertiary/aromatic N) is 7. The van der Waals surface area contributed by atoms with Crippen molar-refractivity contribution in [2.45, 2.75) is 25.8 Å². The lowest BCUT2D eigenvalue weighted by atomic mass is 10.0. The van der Waals surface area contributed by atoms with Crippen LogP contribution in [0.4, 0.5) is 10.2 Å². The molecule has 1 aromatic carbocycles. The molecule has 2 aliphatic rings. The molecule has 1 amide bonds. The number of piperazine rings is 1. The van der Waals surface area contributed by atoms with Crippen LogP contribution in [0.2, 0.25) is 0 Å². The lowest BCUT2D eigenvalue weighted by Gasteiger charge is -2.40. The summed E-state index contributed by atoms with van der Waals surface area (Å²) < 4.78 is 16.8. The van der Waals surface area contributed by atoms with Gasteiger partial charge in [-0.3, -0.25) is 9.36 Å². The molecule has 9 heteroatoms. The Morgan fingerprint density at radius 2 is 1.94 bits per heavy atom. The van der Waals surface area contributed by atoms with Gasteiger partial charge >= 0.3 is 0 Å². The molecular weight excluding hydrogens is 457 g/mol. The molecule has 0 unspecified atom stereocenters. The number of fused-ring (bicyclic) bond motifs is 1. The topological polar surface area (TPSA) is 90.9 Å². The number of aromatic nitrogens is 4. The molecule has 1 atom stereocenters. The zero-order chi connectivity index (χ0) is 24.8. The van der Waals surface area contributed by atoms with Crippen LogP contribution in [0.5, 0.6) is 0 Å². The summed E-state index contributed by atoms with van der Waals surface area (Å²) in [6.07, 6.45) is 6.85. The van der Waals surface area contributed by atoms with E-state index in [0.29, 0.717) is 59.0 Å². The molecule has 4 heterocycles. The van der Waals surface area contributed by atoms with Gasteiger partial charge in [0, 0.05) is 55.1 Å². The quantitative estimate of drug-likeness (QED) is 0.439. The van der Waals surface area contributed by atoms with Gasteiger partial charge in [-0.25, -0.2) is 19.3 Å². The van der Waals surface area contributed by atoms with E-state index in [1.807, 2.05) is 4.90 Å². The first-order valence-electron chi connectivity index (χ1n) is 12.1. The number of carbonyl (C=O) groups is 1. The van der Waals surface area contributed by atoms with Crippen molar-refractivity contribution in [3.05, 3.63) is 66.5 Å². The number of anilines is 1. The monoisotopic (exact) mass is 481 g/mol. The molecule has 6 rings (SSSR count). The summed E-state index contributed by atoms with van der Waals surface area (Å²) in [6, 6.07) is 12.1. The molecule has 180 valence electrons. The second kappa shape index (κ2) is 8.72. The second-order valence-electron chi connectivity index (χ2n) is 9.40. The molecule has 1 aliphatic heterocycles. The minimum Gasteiger partial charge on any atom is -0.352 e. The van der Waals surface area contributed by atoms with Crippen LogP contribution in [0, 0.1) is 23.1 Å². The van der Waals surface area contributed by atoms with Crippen LogP contribution in [0.1, 0.15) is 25.3 Å². The van der Waals surface area contributed by atoms with Crippen LogP contribution in [0.25, 0.3) is 28.0 Å². The number of hydrogen-bond donors (Lipinski definition) is 0. The maximum absolute atomic E-state index is 15.0. The SMILES string of the molecule is C[C@@H]1CN(c2ncnc3c2c(-c2ccccc2F)cn3-c2cc(C#N)ccn2)CCN1C(=O)C1CC1. The Labute approximate surface area is 207 Å². The lowest BCUT2D eigenvalue weighted by molar-refractivity contribution is -0.134. The van der Waals surface area contributed by atoms with Crippen LogP contribution in [0.3, 0.4) is 0 Å². The standard InChI is InChI=1S/C27H24FN7O/c1-17-14-33(10-11-34(17)27(36)19-6-7-19)25-24-21(20-4-2-3-5-22(20)28)15-35(26(24)32-16-31-25)23-12-18(13-29)8-9-30-23/h2-5,8-9,12,15-17,19H,6-7,10-11,14H2,1H3/t17-/m1/s1. The largest absolute Gasteiger partial charge is 0.352 e. The highest BCUT2D eigenvalue weighted by Crippen LogP contribution is 2.38. The van der Waals surface area contributed by atoms with Gasteiger partial charge in [0.15, 0.2) is 5.65 Å². The van der Waals surface area contributed by atoms with Crippen molar-refractivity contribution in [2.75, 3.05) is 24.5 Å². The molecule has 1 saturated heterocycles. The molecular formula is C27H24FN7O. The van der Waals surface area contributed by atoms with E-state index in [9.17, 15) is 10.1 Å². The number of halogens is 1. The van der Waals surface area contributed by atoms with Crippen LogP contribution >= 0.6 is 0 Å². The molecule has 0 N–H and O–H groups in total. The summed E-state index contributed by atoms with van der Waals surface area (Å²) in [5, 5.41) is 10.1. The summed E-state index contributed by atoms with van der Waals surface area (Å²) in [5.74, 6) is 1.29. The van der Waals surface area contributed by atoms with E-state index in [0.717, 1.165) is 12.8 Å². The fourth-order valence-corrected chi connectivity index (χ4v) is 5.01. The third-order valence-electron chi connectivity index (χ3n) is 6.99. The summed E-state index contributed by atoms with van der Waals surface area (Å²) in [4.78, 5) is 30.5. The fraction of sp³-hybridized carbons (Fsp3) is 0.296. The molecule has 2 fully saturated rings. The predicted molar refractivity (Wildman–Crippen MR) is 133 cm³/mol. The van der Waals surface area contributed by atoms with Crippen molar-refractivity contribution in [2.24, 2.45) is 5.92 Å². The summed E-state index contributed by atoms with van der Waals surface area (Å²) in [7, 11) is 0. The zero-order valence-electron chi connectivity index (χ0n) is 19.8. The van der Waals surface area contributed by atoms with Gasteiger partial charge in [-0.1, -0.05) is 18.2 Å². The fourth-order valence-electron chi connectivity index (χ4n) is 5.01. The van der Waals surface area contributed by atoms with Gasteiger partial charge in [0.25, 0.3) is 0 Å². The highest BCUT2D eigenvalue weighted by atomic mass is 19.1. The third kappa shape index (κ3) is 3.75. The highest BCUT2D eigenvalue weighted by Gasteiger charge is 2.38. The van der Waals surface area contributed by atoms with E-state index < -0.39 is 0 Å². The van der Waals surface area contributed by atoms with Crippen molar-refractivity contribution in [3.63, 3.8) is 0 Å². The minimum absolute atomic E-state index is 0.0323. The van der Waals surface area contributed by atoms with Gasteiger partial charge < -0.3 is 9.80 Å². The number of rotatable bonds is 4. The summed E-state index contributed by atoms with van der Waals surface area (Å²) in [5.41, 5.74) is 2.12. The Morgan fingerprint density at radius 3 is 2.69 bits per heavy atom. The van der Waals surface area contributed by atoms with Crippen molar-refractivity contribution >= 4 is 22.8 Å². The predicted octanol–water partition coefficient (Wildman–Crippen LogP) is 3.94. The van der Waals surface area contributed by atoms with Crippen molar-refractivity contribution < 1.29 is 9.18 Å². The average molecular weight is 482 g/mol. The molecule has 1 saturated carbocycles. The average Bonchev–Trinajstić information content (AvgIpc) is 3.69. The smallest absolute Gasteiger partial charge is 0.226 e. The van der Waals surface area contributed by atoms with Crippen molar-refractivity contribution in [3.8, 4) is 23.0 Å². The minimum atomic E-state index is -0.349. The number of pyridine rings is 1. The van der Waals surface area contributed by atoms with Gasteiger partial charge in [0.05, 0.1) is 17.0 Å². The Bertz CT molecular complexity index is 1520. The Morgan fingerprint density at radius 1 is 1.11 bits per heavy atom. The maximum Gasteiger partial charge on any atom is 0.226 e. The first kappa shape index (κ1) is 22.2. The normalized spacial score (nSPS) is 17.9. The van der Waals surface area contributed by atoms with Crippen LogP contribution in [0.15, 0.2) is 55.1 Å². The van der Waals surface area contributed by atoms with E-state index in [4.69, 9.17) is 0 Å². The number of amides is 1. The summed E-state index contributed by atoms with van der Waals surface area (Å²) in [6.45, 7) is 3.92. The lowest BCUT2D eigenvalue weighted by Crippen LogP contribution is -2.54. The van der Waals surface area contributed by atoms with E-state index in [1.54, 1.807) is 47.3 Å². The van der Waals surface area contributed by atoms with Gasteiger partial charge in [-0.05, 0) is 38.0 Å². The molecule has 0 radical (unpaired) electrons. The number of benzene rings is 1. The highest BCUT2D eigenvalue weighted by molar-refractivity contribution is 6.02. The zero-order valence-corrected chi connectivity index (χ0v) is 19.8. The van der Waals surface area contributed by atoms with E-state index >= 15 is 4.39 Å². The van der Waals surface area contributed by atoms with E-state index in [2.05, 4.69) is 32.8 Å². The summed E-state index contributed by atoms with van der Waals surface area (Å²) >= 11 is 0. The number of hydrogen-bond acceptors (Lipinski definition) is 6. The molecule has 0 bridgehead atoms. The Balaban J connectivity index is 1.49. The van der Waals surface area contributed by atoms with Crippen LogP contribution < -0.4 is 4.90 Å². The van der Waals surface area contributed by atoms with Gasteiger partial charge in [0.1, 0.15) is 23.8 Å². The van der Waals surface area contributed by atoms with Crippen LogP contribution in [-0.2, 0) is 4.79 Å². The molecule has 3 aromatic heterocycles. The van der Waals surface area contributed by atoms with Crippen molar-refractivity contribution in [1.29, 1.82) is 5.26 Å². The molecule has 0 spiro atoms. The third-order valence-corrected chi connectivity index (χ3v) is 6.99. The first-order chi connectivity index (χ1) is 17.5. The van der Waals surface area contributed by atoms with E-state index in [-0.39, 0.29) is 23.7 Å². The van der Waals surface area contributed by atoms with Crippen LogP contribution in [-0.4, -0.2) is 56.0 Å². The molecule has 8 nitrogen and oxygen atoms in total. The van der Waals surface area contributed by atoms with E-state index in [1.165, 1.54) is 12.4 Å².